The molecule has 10 rings (SSSR count). The number of carbonyl (C=O) groups is 2. The van der Waals surface area contributed by atoms with Gasteiger partial charge in [0.25, 0.3) is 5.88 Å². The van der Waals surface area contributed by atoms with Crippen LogP contribution < -0.4 is 9.47 Å². The Hall–Kier alpha value is -5.92. The van der Waals surface area contributed by atoms with Crippen LogP contribution in [0.3, 0.4) is 0 Å². The van der Waals surface area contributed by atoms with Gasteiger partial charge in [0.1, 0.15) is 36.1 Å². The molecule has 69 heavy (non-hydrogen) atoms. The van der Waals surface area contributed by atoms with Crippen molar-refractivity contribution in [2.75, 3.05) is 19.6 Å². The van der Waals surface area contributed by atoms with Crippen molar-refractivity contribution in [1.82, 2.24) is 15.0 Å². The van der Waals surface area contributed by atoms with Crippen LogP contribution in [0.2, 0.25) is 18.1 Å². The molecule has 12 heteroatoms. The second kappa shape index (κ2) is 18.1. The Morgan fingerprint density at radius 3 is 2.09 bits per heavy atom. The van der Waals surface area contributed by atoms with Crippen LogP contribution in [-0.4, -0.2) is 65.2 Å². The van der Waals surface area contributed by atoms with E-state index in [0.29, 0.717) is 42.9 Å². The third kappa shape index (κ3) is 7.84. The van der Waals surface area contributed by atoms with Crippen LogP contribution in [0.5, 0.6) is 11.6 Å². The second-order valence-electron chi connectivity index (χ2n) is 21.1. The fourth-order valence-corrected chi connectivity index (χ4v) is 13.2. The monoisotopic (exact) mass is 947 g/mol. The van der Waals surface area contributed by atoms with Gasteiger partial charge >= 0.3 is 0 Å². The van der Waals surface area contributed by atoms with Gasteiger partial charge in [-0.1, -0.05) is 124 Å². The summed E-state index contributed by atoms with van der Waals surface area (Å²) >= 11 is 0. The number of aromatic nitrogens is 1. The lowest BCUT2D eigenvalue weighted by Gasteiger charge is -2.55. The van der Waals surface area contributed by atoms with Crippen molar-refractivity contribution in [2.45, 2.75) is 102 Å². The van der Waals surface area contributed by atoms with Gasteiger partial charge in [0.05, 0.1) is 11.6 Å². The SMILES string of the molecule is C=CCN(CC=C)[C@@H]1c2onc(OCc3ccccc3)c2C(=O)[C@@]2(O[Si](C)(C)C(C)(C)C)C(=O)C3=C(O)c4c(c(F)c5c(c4OCc4ccccc4)C[C@@H]4CCN(Cc6ccccc6)[C@H]54)C[C@H]3C[C@@H]12. The van der Waals surface area contributed by atoms with Gasteiger partial charge in [-0.3, -0.25) is 19.4 Å². The zero-order valence-corrected chi connectivity index (χ0v) is 41.3. The first-order valence-electron chi connectivity index (χ1n) is 24.4. The van der Waals surface area contributed by atoms with Gasteiger partial charge in [0.15, 0.2) is 19.7 Å². The number of hydrogen-bond donors (Lipinski definition) is 1. The zero-order valence-electron chi connectivity index (χ0n) is 40.3. The highest BCUT2D eigenvalue weighted by molar-refractivity contribution is 6.74. The second-order valence-corrected chi connectivity index (χ2v) is 25.8. The number of nitrogens with zero attached hydrogens (tertiary/aromatic N) is 3. The van der Waals surface area contributed by atoms with Crippen molar-refractivity contribution in [1.29, 1.82) is 0 Å². The van der Waals surface area contributed by atoms with Crippen LogP contribution in [0.4, 0.5) is 4.39 Å². The van der Waals surface area contributed by atoms with Crippen molar-refractivity contribution < 1.29 is 37.5 Å². The molecule has 0 spiro atoms. The molecule has 0 radical (unpaired) electrons. The van der Waals surface area contributed by atoms with E-state index in [4.69, 9.17) is 18.4 Å². The predicted molar refractivity (Wildman–Crippen MR) is 266 cm³/mol. The van der Waals surface area contributed by atoms with Gasteiger partial charge in [-0.15, -0.1) is 13.2 Å². The smallest absolute Gasteiger partial charge is 0.265 e. The van der Waals surface area contributed by atoms with Gasteiger partial charge < -0.3 is 23.5 Å². The van der Waals surface area contributed by atoms with E-state index in [1.54, 1.807) is 12.2 Å². The maximum atomic E-state index is 18.2. The van der Waals surface area contributed by atoms with Crippen molar-refractivity contribution in [3.8, 4) is 11.6 Å². The molecule has 358 valence electrons. The number of aliphatic hydroxyl groups is 1. The third-order valence-corrected chi connectivity index (χ3v) is 20.4. The largest absolute Gasteiger partial charge is 0.507 e. The lowest BCUT2D eigenvalue weighted by atomic mass is 9.57. The van der Waals surface area contributed by atoms with Crippen molar-refractivity contribution in [2.24, 2.45) is 17.8 Å². The topological polar surface area (TPSA) is 115 Å². The average Bonchev–Trinajstić information content (AvgIpc) is 4.05. The first-order valence-corrected chi connectivity index (χ1v) is 27.3. The Kier molecular flexibility index (Phi) is 12.3. The molecule has 1 aromatic heterocycles. The normalized spacial score (nSPS) is 24.0. The summed E-state index contributed by atoms with van der Waals surface area (Å²) in [5, 5.41) is 17.0. The Balaban J connectivity index is 1.17. The molecule has 1 N–H and O–H groups in total. The lowest BCUT2D eigenvalue weighted by molar-refractivity contribution is -0.141. The Morgan fingerprint density at radius 1 is 0.870 bits per heavy atom. The number of carbonyl (C=O) groups excluding carboxylic acids is 2. The van der Waals surface area contributed by atoms with Gasteiger partial charge in [-0.05, 0) is 84.0 Å². The number of ketones is 2. The molecule has 0 unspecified atom stereocenters. The first kappa shape index (κ1) is 46.8. The minimum atomic E-state index is -3.05. The van der Waals surface area contributed by atoms with E-state index in [1.165, 1.54) is 0 Å². The van der Waals surface area contributed by atoms with E-state index < -0.39 is 48.4 Å². The van der Waals surface area contributed by atoms with Gasteiger partial charge in [-0.25, -0.2) is 4.39 Å². The molecule has 2 heterocycles. The minimum absolute atomic E-state index is 0.0365. The number of halogens is 1. The van der Waals surface area contributed by atoms with Crippen LogP contribution in [0.1, 0.15) is 101 Å². The van der Waals surface area contributed by atoms with Crippen LogP contribution in [0, 0.1) is 23.6 Å². The molecular formula is C57H62FN3O7Si. The summed E-state index contributed by atoms with van der Waals surface area (Å²) in [6, 6.07) is 28.6. The van der Waals surface area contributed by atoms with E-state index in [2.05, 4.69) is 61.0 Å². The zero-order chi connectivity index (χ0) is 48.4. The predicted octanol–water partition coefficient (Wildman–Crippen LogP) is 11.5. The first-order chi connectivity index (χ1) is 33.2. The van der Waals surface area contributed by atoms with Crippen LogP contribution >= 0.6 is 0 Å². The number of likely N-dealkylation sites (tertiary alicyclic amines) is 1. The maximum absolute atomic E-state index is 18.2. The number of benzene rings is 4. The van der Waals surface area contributed by atoms with E-state index in [1.807, 2.05) is 92.0 Å². The molecule has 4 aliphatic carbocycles. The molecule has 0 amide bonds. The van der Waals surface area contributed by atoms with Gasteiger partial charge in [-0.2, -0.15) is 0 Å². The summed E-state index contributed by atoms with van der Waals surface area (Å²) in [7, 11) is -3.05. The van der Waals surface area contributed by atoms with Crippen LogP contribution in [0.25, 0.3) is 5.76 Å². The Morgan fingerprint density at radius 2 is 1.48 bits per heavy atom. The molecule has 10 nitrogen and oxygen atoms in total. The fraction of sp³-hybridized carbons (Fsp3) is 0.386. The maximum Gasteiger partial charge on any atom is 0.265 e. The average molecular weight is 948 g/mol. The molecule has 0 bridgehead atoms. The highest BCUT2D eigenvalue weighted by atomic mass is 28.4. The summed E-state index contributed by atoms with van der Waals surface area (Å²) in [4.78, 5) is 36.9. The van der Waals surface area contributed by atoms with E-state index in [9.17, 15) is 5.11 Å². The molecule has 6 atom stereocenters. The summed E-state index contributed by atoms with van der Waals surface area (Å²) in [6.45, 7) is 20.8. The third-order valence-electron chi connectivity index (χ3n) is 15.9. The number of aliphatic hydroxyl groups excluding tert-OH is 1. The molecule has 1 saturated carbocycles. The fourth-order valence-electron chi connectivity index (χ4n) is 11.8. The molecule has 5 aromatic rings. The highest BCUT2D eigenvalue weighted by Gasteiger charge is 2.69. The number of rotatable bonds is 15. The van der Waals surface area contributed by atoms with Gasteiger partial charge in [0, 0.05) is 53.9 Å². The molecule has 4 aromatic carbocycles. The quantitative estimate of drug-likeness (QED) is 0.0618. The molecule has 1 saturated heterocycles. The van der Waals surface area contributed by atoms with Crippen LogP contribution in [0.15, 0.2) is 126 Å². The molecule has 5 aliphatic rings. The van der Waals surface area contributed by atoms with Crippen molar-refractivity contribution in [3.05, 3.63) is 178 Å². The number of hydrogen-bond acceptors (Lipinski definition) is 10. The van der Waals surface area contributed by atoms with E-state index in [-0.39, 0.29) is 77.9 Å². The minimum Gasteiger partial charge on any atom is -0.507 e. The van der Waals surface area contributed by atoms with Crippen LogP contribution in [-0.2, 0) is 41.8 Å². The van der Waals surface area contributed by atoms with E-state index in [0.717, 1.165) is 35.2 Å². The number of ether oxygens (including phenoxy) is 2. The molecule has 2 fully saturated rings. The van der Waals surface area contributed by atoms with Gasteiger partial charge in [0.2, 0.25) is 11.6 Å². The highest BCUT2D eigenvalue weighted by Crippen LogP contribution is 2.61. The lowest BCUT2D eigenvalue weighted by Crippen LogP contribution is -2.68. The van der Waals surface area contributed by atoms with E-state index >= 15 is 14.0 Å². The summed E-state index contributed by atoms with van der Waals surface area (Å²) in [6.07, 6.45) is 5.26. The van der Waals surface area contributed by atoms with Crippen molar-refractivity contribution in [3.63, 3.8) is 0 Å². The standard InChI is InChI=1S/C57H62FN3O7Si/c1-8-26-60(27-9-2)49-42-31-39-30-40-45(51(65-33-36-21-15-11-16-22-36)41-29-38-25-28-61(48(38)44(41)47(40)58)32-35-19-13-10-14-20-35)50(62)43(39)53(63)57(42,68-69(6,7)56(3,4)5)54(64)46-52(49)67-59-55(46)66-34-37-23-17-12-18-24-37/h8-24,38-39,42,48-49,62H,1-2,25-34H2,3-7H3/t38-,39-,42-,48-,49-,57-/m0/s1. The summed E-state index contributed by atoms with van der Waals surface area (Å²) in [5.74, 6) is -2.77. The summed E-state index contributed by atoms with van der Waals surface area (Å²) in [5.41, 5.74) is 2.71. The Labute approximate surface area is 405 Å². The van der Waals surface area contributed by atoms with Crippen molar-refractivity contribution >= 4 is 25.6 Å². The molecular weight excluding hydrogens is 886 g/mol. The Bertz CT molecular complexity index is 2830. The molecule has 1 aliphatic heterocycles. The number of Topliss-reactive ketones (excluding diaryl/α,β-unsaturated/α-hetero) is 2. The summed E-state index contributed by atoms with van der Waals surface area (Å²) < 4.78 is 45.0. The number of fused-ring (bicyclic) bond motifs is 7.